The van der Waals surface area contributed by atoms with E-state index < -0.39 is 5.97 Å². The number of esters is 1. The van der Waals surface area contributed by atoms with E-state index >= 15 is 0 Å². The Morgan fingerprint density at radius 2 is 1.65 bits per heavy atom. The number of ether oxygens (including phenoxy) is 5. The van der Waals surface area contributed by atoms with Gasteiger partial charge >= 0.3 is 5.97 Å². The van der Waals surface area contributed by atoms with Crippen LogP contribution in [0.3, 0.4) is 0 Å². The number of carbonyl (C=O) groups excluding carboxylic acids is 1. The molecule has 26 heavy (non-hydrogen) atoms. The molecule has 0 radical (unpaired) electrons. The third kappa shape index (κ3) is 4.55. The second kappa shape index (κ2) is 9.48. The quantitative estimate of drug-likeness (QED) is 0.408. The van der Waals surface area contributed by atoms with Crippen molar-refractivity contribution in [1.29, 1.82) is 0 Å². The number of para-hydroxylation sites is 1. The lowest BCUT2D eigenvalue weighted by Gasteiger charge is -2.13. The Morgan fingerprint density at radius 1 is 0.923 bits per heavy atom. The highest BCUT2D eigenvalue weighted by Gasteiger charge is 2.18. The molecular weight excluding hydrogens is 336 g/mol. The molecule has 2 rings (SSSR count). The van der Waals surface area contributed by atoms with E-state index in [9.17, 15) is 4.79 Å². The first kappa shape index (κ1) is 19.3. The van der Waals surface area contributed by atoms with Gasteiger partial charge in [-0.05, 0) is 17.7 Å². The van der Waals surface area contributed by atoms with Gasteiger partial charge in [0.2, 0.25) is 0 Å². The number of rotatable bonds is 8. The zero-order chi connectivity index (χ0) is 18.9. The van der Waals surface area contributed by atoms with Crippen LogP contribution < -0.4 is 14.2 Å². The molecule has 6 nitrogen and oxygen atoms in total. The standard InChI is InChI=1S/C20H22O6/c1-22-13-26-17-8-6-5-7-14(17)9-10-15-11-16(23-2)12-18(24-3)19(15)20(21)25-4/h5-12H,13H2,1-4H3. The highest BCUT2D eigenvalue weighted by Crippen LogP contribution is 2.31. The first-order valence-electron chi connectivity index (χ1n) is 7.87. The van der Waals surface area contributed by atoms with Crippen LogP contribution in [0, 0.1) is 0 Å². The van der Waals surface area contributed by atoms with Crippen LogP contribution in [0.15, 0.2) is 36.4 Å². The Kier molecular flexibility index (Phi) is 7.05. The lowest BCUT2D eigenvalue weighted by molar-refractivity contribution is 0.0509. The van der Waals surface area contributed by atoms with Crippen molar-refractivity contribution in [2.75, 3.05) is 35.2 Å². The molecule has 0 heterocycles. The van der Waals surface area contributed by atoms with E-state index in [0.29, 0.717) is 28.4 Å². The van der Waals surface area contributed by atoms with Crippen LogP contribution in [-0.2, 0) is 9.47 Å². The summed E-state index contributed by atoms with van der Waals surface area (Å²) in [4.78, 5) is 12.2. The molecule has 138 valence electrons. The summed E-state index contributed by atoms with van der Waals surface area (Å²) in [5.41, 5.74) is 1.76. The zero-order valence-electron chi connectivity index (χ0n) is 15.3. The van der Waals surface area contributed by atoms with Gasteiger partial charge in [0.25, 0.3) is 0 Å². The zero-order valence-corrected chi connectivity index (χ0v) is 15.3. The van der Waals surface area contributed by atoms with Crippen LogP contribution in [0.1, 0.15) is 21.5 Å². The van der Waals surface area contributed by atoms with Gasteiger partial charge < -0.3 is 23.7 Å². The van der Waals surface area contributed by atoms with Gasteiger partial charge in [-0.3, -0.25) is 0 Å². The van der Waals surface area contributed by atoms with E-state index in [1.165, 1.54) is 14.2 Å². The lowest BCUT2D eigenvalue weighted by atomic mass is 10.0. The Labute approximate surface area is 152 Å². The predicted molar refractivity (Wildman–Crippen MR) is 98.8 cm³/mol. The Morgan fingerprint density at radius 3 is 2.31 bits per heavy atom. The van der Waals surface area contributed by atoms with Crippen LogP contribution >= 0.6 is 0 Å². The summed E-state index contributed by atoms with van der Waals surface area (Å²) in [6, 6.07) is 10.9. The SMILES string of the molecule is COCOc1ccccc1C=Cc1cc(OC)cc(OC)c1C(=O)OC. The van der Waals surface area contributed by atoms with Crippen LogP contribution in [0.4, 0.5) is 0 Å². The van der Waals surface area contributed by atoms with Gasteiger partial charge in [0.05, 0.1) is 21.3 Å². The fourth-order valence-corrected chi connectivity index (χ4v) is 2.39. The molecule has 0 aliphatic carbocycles. The van der Waals surface area contributed by atoms with Crippen molar-refractivity contribution >= 4 is 18.1 Å². The minimum absolute atomic E-state index is 0.144. The molecule has 2 aromatic carbocycles. The average molecular weight is 358 g/mol. The molecule has 0 bridgehead atoms. The third-order valence-corrected chi connectivity index (χ3v) is 3.65. The van der Waals surface area contributed by atoms with Crippen molar-refractivity contribution in [2.24, 2.45) is 0 Å². The van der Waals surface area contributed by atoms with E-state index in [2.05, 4.69) is 0 Å². The third-order valence-electron chi connectivity index (χ3n) is 3.65. The van der Waals surface area contributed by atoms with Crippen LogP contribution in [0.2, 0.25) is 0 Å². The van der Waals surface area contributed by atoms with E-state index in [-0.39, 0.29) is 6.79 Å². The van der Waals surface area contributed by atoms with Crippen molar-refractivity contribution < 1.29 is 28.5 Å². The maximum atomic E-state index is 12.2. The predicted octanol–water partition coefficient (Wildman–Crippen LogP) is 3.64. The largest absolute Gasteiger partial charge is 0.497 e. The van der Waals surface area contributed by atoms with Crippen LogP contribution in [-0.4, -0.2) is 41.2 Å². The molecule has 0 aliphatic rings. The molecule has 0 atom stereocenters. The fourth-order valence-electron chi connectivity index (χ4n) is 2.39. The molecule has 0 unspecified atom stereocenters. The minimum Gasteiger partial charge on any atom is -0.497 e. The van der Waals surface area contributed by atoms with Crippen LogP contribution in [0.5, 0.6) is 17.2 Å². The average Bonchev–Trinajstić information content (AvgIpc) is 2.69. The molecule has 0 N–H and O–H groups in total. The highest BCUT2D eigenvalue weighted by molar-refractivity contribution is 5.98. The smallest absolute Gasteiger partial charge is 0.342 e. The van der Waals surface area contributed by atoms with Crippen molar-refractivity contribution in [1.82, 2.24) is 0 Å². The maximum absolute atomic E-state index is 12.2. The summed E-state index contributed by atoms with van der Waals surface area (Å²) in [6.07, 6.45) is 3.62. The fraction of sp³-hybridized carbons (Fsp3) is 0.250. The van der Waals surface area contributed by atoms with E-state index in [4.69, 9.17) is 23.7 Å². The van der Waals surface area contributed by atoms with Gasteiger partial charge in [0.1, 0.15) is 22.8 Å². The Hall–Kier alpha value is -2.99. The number of methoxy groups -OCH3 is 4. The van der Waals surface area contributed by atoms with Gasteiger partial charge in [0, 0.05) is 18.7 Å². The van der Waals surface area contributed by atoms with E-state index in [1.54, 1.807) is 32.4 Å². The van der Waals surface area contributed by atoms with Gasteiger partial charge in [-0.1, -0.05) is 30.4 Å². The van der Waals surface area contributed by atoms with Gasteiger partial charge in [0.15, 0.2) is 6.79 Å². The molecule has 0 amide bonds. The Balaban J connectivity index is 2.48. The topological polar surface area (TPSA) is 63.2 Å². The van der Waals surface area contributed by atoms with Crippen LogP contribution in [0.25, 0.3) is 12.2 Å². The van der Waals surface area contributed by atoms with Crippen molar-refractivity contribution in [3.8, 4) is 17.2 Å². The minimum atomic E-state index is -0.493. The summed E-state index contributed by atoms with van der Waals surface area (Å²) in [5.74, 6) is 1.12. The highest BCUT2D eigenvalue weighted by atomic mass is 16.7. The number of benzene rings is 2. The van der Waals surface area contributed by atoms with Gasteiger partial charge in [-0.15, -0.1) is 0 Å². The maximum Gasteiger partial charge on any atom is 0.342 e. The molecular formula is C20H22O6. The monoisotopic (exact) mass is 358 g/mol. The molecule has 6 heteroatoms. The van der Waals surface area contributed by atoms with Crippen molar-refractivity contribution in [3.05, 3.63) is 53.1 Å². The summed E-state index contributed by atoms with van der Waals surface area (Å²) < 4.78 is 26.0. The molecule has 2 aromatic rings. The summed E-state index contributed by atoms with van der Waals surface area (Å²) >= 11 is 0. The van der Waals surface area contributed by atoms with E-state index in [1.807, 2.05) is 30.3 Å². The molecule has 0 spiro atoms. The second-order valence-electron chi connectivity index (χ2n) is 5.21. The normalized spacial score (nSPS) is 10.6. The first-order chi connectivity index (χ1) is 12.6. The van der Waals surface area contributed by atoms with Gasteiger partial charge in [-0.25, -0.2) is 4.79 Å². The first-order valence-corrected chi connectivity index (χ1v) is 7.87. The molecule has 0 fully saturated rings. The van der Waals surface area contributed by atoms with Gasteiger partial charge in [-0.2, -0.15) is 0 Å². The molecule has 0 aromatic heterocycles. The summed E-state index contributed by atoms with van der Waals surface area (Å²) in [5, 5.41) is 0. The molecule has 0 aliphatic heterocycles. The number of carbonyl (C=O) groups is 1. The second-order valence-corrected chi connectivity index (χ2v) is 5.21. The molecule has 0 saturated heterocycles. The Bertz CT molecular complexity index is 782. The number of hydrogen-bond donors (Lipinski definition) is 0. The van der Waals surface area contributed by atoms with Crippen molar-refractivity contribution in [2.45, 2.75) is 0 Å². The van der Waals surface area contributed by atoms with Crippen molar-refractivity contribution in [3.63, 3.8) is 0 Å². The molecule has 0 saturated carbocycles. The summed E-state index contributed by atoms with van der Waals surface area (Å²) in [7, 11) is 5.92. The summed E-state index contributed by atoms with van der Waals surface area (Å²) in [6.45, 7) is 0.144. The van der Waals surface area contributed by atoms with E-state index in [0.717, 1.165) is 5.56 Å². The number of hydrogen-bond acceptors (Lipinski definition) is 6. The lowest BCUT2D eigenvalue weighted by Crippen LogP contribution is -2.07.